The molecule has 2 aromatic carbocycles. The number of carbonyl (C=O) groups is 1. The molecular weight excluding hydrogens is 512 g/mol. The van der Waals surface area contributed by atoms with Crippen molar-refractivity contribution in [3.05, 3.63) is 59.3 Å². The first-order chi connectivity index (χ1) is 18.5. The summed E-state index contributed by atoms with van der Waals surface area (Å²) in [6.45, 7) is 8.65. The highest BCUT2D eigenvalue weighted by Crippen LogP contribution is 2.37. The van der Waals surface area contributed by atoms with E-state index in [1.54, 1.807) is 11.4 Å². The molecule has 1 aliphatic heterocycles. The van der Waals surface area contributed by atoms with E-state index in [9.17, 15) is 13.2 Å². The summed E-state index contributed by atoms with van der Waals surface area (Å²) in [5, 5.41) is 4.61. The van der Waals surface area contributed by atoms with Crippen molar-refractivity contribution in [3.8, 4) is 11.1 Å². The van der Waals surface area contributed by atoms with Crippen molar-refractivity contribution in [1.29, 1.82) is 0 Å². The van der Waals surface area contributed by atoms with E-state index >= 15 is 0 Å². The molecule has 3 aromatic rings. The van der Waals surface area contributed by atoms with Gasteiger partial charge in [0.2, 0.25) is 15.9 Å². The Balaban J connectivity index is 1.62. The quantitative estimate of drug-likeness (QED) is 0.306. The van der Waals surface area contributed by atoms with Gasteiger partial charge in [-0.25, -0.2) is 12.7 Å². The van der Waals surface area contributed by atoms with Gasteiger partial charge in [-0.15, -0.1) is 0 Å². The number of primary amides is 1. The minimum atomic E-state index is -3.28. The van der Waals surface area contributed by atoms with Gasteiger partial charge >= 0.3 is 0 Å². The number of fused-ring (bicyclic) bond motifs is 1. The predicted octanol–water partition coefficient (Wildman–Crippen LogP) is 4.30. The number of aromatic nitrogens is 1. The first-order valence-corrected chi connectivity index (χ1v) is 15.3. The zero-order valence-electron chi connectivity index (χ0n) is 23.5. The highest BCUT2D eigenvalue weighted by atomic mass is 32.2. The Morgan fingerprint density at radius 1 is 1.15 bits per heavy atom. The Hall–Kier alpha value is -2.72. The first-order valence-electron chi connectivity index (χ1n) is 13.7. The number of rotatable bonds is 11. The molecule has 4 N–H and O–H groups in total. The average molecular weight is 555 g/mol. The van der Waals surface area contributed by atoms with Crippen molar-refractivity contribution >= 4 is 26.8 Å². The molecule has 1 saturated heterocycles. The monoisotopic (exact) mass is 554 g/mol. The van der Waals surface area contributed by atoms with Crippen LogP contribution in [0.4, 0.5) is 0 Å². The van der Waals surface area contributed by atoms with E-state index in [1.807, 2.05) is 6.20 Å². The number of carbonyl (C=O) groups excluding carboxylic acids is 1. The van der Waals surface area contributed by atoms with Crippen LogP contribution in [-0.2, 0) is 32.5 Å². The van der Waals surface area contributed by atoms with Crippen LogP contribution >= 0.6 is 0 Å². The smallest absolute Gasteiger partial charge is 0.221 e. The summed E-state index contributed by atoms with van der Waals surface area (Å²) in [5.41, 5.74) is 11.9. The van der Waals surface area contributed by atoms with E-state index in [2.05, 4.69) is 67.5 Å². The third-order valence-electron chi connectivity index (χ3n) is 7.39. The van der Waals surface area contributed by atoms with Crippen LogP contribution in [0.1, 0.15) is 62.6 Å². The first kappa shape index (κ1) is 29.3. The third-order valence-corrected chi connectivity index (χ3v) is 9.35. The lowest BCUT2D eigenvalue weighted by atomic mass is 9.88. The van der Waals surface area contributed by atoms with Crippen LogP contribution in [0.3, 0.4) is 0 Å². The minimum Gasteiger partial charge on any atom is -0.385 e. The summed E-state index contributed by atoms with van der Waals surface area (Å²) >= 11 is 0. The van der Waals surface area contributed by atoms with Gasteiger partial charge in [-0.3, -0.25) is 4.79 Å². The molecule has 0 radical (unpaired) electrons. The number of amides is 1. The molecular formula is C30H42N4O4S. The number of nitrogens with zero attached hydrogens (tertiary/aromatic N) is 1. The lowest BCUT2D eigenvalue weighted by Crippen LogP contribution is -2.39. The van der Waals surface area contributed by atoms with Crippen LogP contribution in [0.2, 0.25) is 0 Å². The highest BCUT2D eigenvalue weighted by molar-refractivity contribution is 7.89. The number of hydrogen-bond donors (Lipinski definition) is 3. The Morgan fingerprint density at radius 3 is 2.56 bits per heavy atom. The average Bonchev–Trinajstić information content (AvgIpc) is 3.31. The molecule has 2 heterocycles. The number of aromatic amines is 1. The van der Waals surface area contributed by atoms with Gasteiger partial charge in [0, 0.05) is 56.0 Å². The molecule has 0 spiro atoms. The Labute approximate surface area is 232 Å². The number of piperidine rings is 1. The summed E-state index contributed by atoms with van der Waals surface area (Å²) in [7, 11) is -1.70. The van der Waals surface area contributed by atoms with Gasteiger partial charge in [0.25, 0.3) is 0 Å². The van der Waals surface area contributed by atoms with Crippen molar-refractivity contribution < 1.29 is 17.9 Å². The minimum absolute atomic E-state index is 0.0163. The molecule has 1 aliphatic rings. The van der Waals surface area contributed by atoms with E-state index in [1.165, 1.54) is 11.1 Å². The van der Waals surface area contributed by atoms with Gasteiger partial charge in [-0.05, 0) is 92.0 Å². The fourth-order valence-corrected chi connectivity index (χ4v) is 6.86. The maximum absolute atomic E-state index is 12.8. The second kappa shape index (κ2) is 12.2. The van der Waals surface area contributed by atoms with E-state index in [0.29, 0.717) is 26.1 Å². The van der Waals surface area contributed by atoms with Gasteiger partial charge in [0.1, 0.15) is 0 Å². The zero-order valence-corrected chi connectivity index (χ0v) is 24.4. The summed E-state index contributed by atoms with van der Waals surface area (Å²) in [6.07, 6.45) is 4.17. The van der Waals surface area contributed by atoms with Crippen molar-refractivity contribution in [1.82, 2.24) is 14.6 Å². The van der Waals surface area contributed by atoms with E-state index in [0.717, 1.165) is 47.0 Å². The maximum atomic E-state index is 12.8. The number of hydrogen-bond acceptors (Lipinski definition) is 5. The molecule has 212 valence electrons. The molecule has 4 rings (SSSR count). The number of methoxy groups -OCH3 is 1. The normalized spacial score (nSPS) is 15.7. The molecule has 0 unspecified atom stereocenters. The summed E-state index contributed by atoms with van der Waals surface area (Å²) < 4.78 is 32.2. The van der Waals surface area contributed by atoms with Gasteiger partial charge < -0.3 is 20.8 Å². The second-order valence-corrected chi connectivity index (χ2v) is 13.7. The summed E-state index contributed by atoms with van der Waals surface area (Å²) in [5.74, 6) is -0.0362. The number of ether oxygens (including phenoxy) is 1. The van der Waals surface area contributed by atoms with Crippen LogP contribution in [0.15, 0.2) is 42.6 Å². The molecule has 1 fully saturated rings. The van der Waals surface area contributed by atoms with Crippen LogP contribution in [0.5, 0.6) is 0 Å². The van der Waals surface area contributed by atoms with E-state index in [-0.39, 0.29) is 29.5 Å². The SMILES string of the molecule is COCCCS(=O)(=O)N1CCC(c2c[nH]c3c(CC(N)=O)cc(-c4cccc(CNC(C)(C)C)c4)cc23)CC1. The number of sulfonamides is 1. The molecule has 1 aromatic heterocycles. The van der Waals surface area contributed by atoms with Crippen LogP contribution < -0.4 is 11.1 Å². The van der Waals surface area contributed by atoms with Crippen molar-refractivity contribution in [2.45, 2.75) is 64.5 Å². The molecule has 39 heavy (non-hydrogen) atoms. The highest BCUT2D eigenvalue weighted by Gasteiger charge is 2.29. The van der Waals surface area contributed by atoms with E-state index < -0.39 is 10.0 Å². The second-order valence-electron chi connectivity index (χ2n) is 11.6. The molecule has 0 bridgehead atoms. The fraction of sp³-hybridized carbons (Fsp3) is 0.500. The number of benzene rings is 2. The predicted molar refractivity (Wildman–Crippen MR) is 157 cm³/mol. The van der Waals surface area contributed by atoms with E-state index in [4.69, 9.17) is 10.5 Å². The van der Waals surface area contributed by atoms with Gasteiger partial charge in [0.15, 0.2) is 0 Å². The van der Waals surface area contributed by atoms with Gasteiger partial charge in [0.05, 0.1) is 12.2 Å². The zero-order chi connectivity index (χ0) is 28.2. The lowest BCUT2D eigenvalue weighted by molar-refractivity contribution is -0.117. The topological polar surface area (TPSA) is 118 Å². The molecule has 1 amide bonds. The standard InChI is InChI=1S/C30H42N4O4S/c1-30(2,3)33-19-21-7-5-8-23(15-21)24-16-25(18-28(31)35)29-26(17-24)27(20-32-29)22-9-11-34(12-10-22)39(36,37)14-6-13-38-4/h5,7-8,15-17,20,22,32-33H,6,9-14,18-19H2,1-4H3,(H2,31,35). The lowest BCUT2D eigenvalue weighted by Gasteiger charge is -2.31. The Bertz CT molecular complexity index is 1400. The molecule has 8 nitrogen and oxygen atoms in total. The van der Waals surface area contributed by atoms with Crippen LogP contribution in [-0.4, -0.2) is 61.7 Å². The number of H-pyrrole nitrogens is 1. The Morgan fingerprint density at radius 2 is 1.90 bits per heavy atom. The summed E-state index contributed by atoms with van der Waals surface area (Å²) in [4.78, 5) is 15.4. The van der Waals surface area contributed by atoms with Gasteiger partial charge in [-0.2, -0.15) is 0 Å². The maximum Gasteiger partial charge on any atom is 0.221 e. The van der Waals surface area contributed by atoms with Gasteiger partial charge in [-0.1, -0.05) is 18.2 Å². The number of nitrogens with two attached hydrogens (primary N) is 1. The largest absolute Gasteiger partial charge is 0.385 e. The molecule has 0 aliphatic carbocycles. The molecule has 9 heteroatoms. The fourth-order valence-electron chi connectivity index (χ4n) is 5.35. The number of nitrogens with one attached hydrogen (secondary N) is 2. The van der Waals surface area contributed by atoms with Crippen molar-refractivity contribution in [3.63, 3.8) is 0 Å². The molecule has 0 atom stereocenters. The van der Waals surface area contributed by atoms with Crippen molar-refractivity contribution in [2.24, 2.45) is 5.73 Å². The molecule has 0 saturated carbocycles. The third kappa shape index (κ3) is 7.48. The van der Waals surface area contributed by atoms with Crippen molar-refractivity contribution in [2.75, 3.05) is 32.6 Å². The summed E-state index contributed by atoms with van der Waals surface area (Å²) in [6, 6.07) is 12.7. The van der Waals surface area contributed by atoms with Crippen LogP contribution in [0.25, 0.3) is 22.0 Å². The Kier molecular flexibility index (Phi) is 9.16. The van der Waals surface area contributed by atoms with Crippen LogP contribution in [0, 0.1) is 0 Å².